The van der Waals surface area contributed by atoms with Gasteiger partial charge in [-0.15, -0.1) is 0 Å². The Kier molecular flexibility index (Phi) is 6.09. The summed E-state index contributed by atoms with van der Waals surface area (Å²) >= 11 is 0. The van der Waals surface area contributed by atoms with E-state index in [1.54, 1.807) is 13.2 Å². The van der Waals surface area contributed by atoms with E-state index >= 15 is 0 Å². The molecule has 25 heavy (non-hydrogen) atoms. The topological polar surface area (TPSA) is 35.9 Å². The van der Waals surface area contributed by atoms with Gasteiger partial charge in [-0.2, -0.15) is 0 Å². The van der Waals surface area contributed by atoms with Gasteiger partial charge < -0.3 is 9.84 Å². The fourth-order valence-electron chi connectivity index (χ4n) is 3.12. The number of nitrogens with zero attached hydrogens (tertiary/aromatic N) is 2. The molecule has 4 nitrogen and oxygen atoms in total. The maximum atomic E-state index is 9.89. The quantitative estimate of drug-likeness (QED) is 0.877. The van der Waals surface area contributed by atoms with E-state index in [0.717, 1.165) is 44.8 Å². The molecule has 2 aromatic carbocycles. The Morgan fingerprint density at radius 3 is 2.40 bits per heavy atom. The van der Waals surface area contributed by atoms with Crippen LogP contribution < -0.4 is 4.74 Å². The second kappa shape index (κ2) is 8.70. The zero-order chi connectivity index (χ0) is 17.5. The van der Waals surface area contributed by atoms with E-state index in [0.29, 0.717) is 5.75 Å². The molecule has 0 bridgehead atoms. The number of piperazine rings is 1. The van der Waals surface area contributed by atoms with Crippen molar-refractivity contribution in [2.45, 2.75) is 6.54 Å². The summed E-state index contributed by atoms with van der Waals surface area (Å²) in [6, 6.07) is 16.1. The minimum absolute atomic E-state index is 0.213. The highest BCUT2D eigenvalue weighted by atomic mass is 16.5. The second-order valence-electron chi connectivity index (χ2n) is 6.40. The van der Waals surface area contributed by atoms with Gasteiger partial charge in [0.05, 0.1) is 7.11 Å². The van der Waals surface area contributed by atoms with Gasteiger partial charge >= 0.3 is 0 Å². The zero-order valence-corrected chi connectivity index (χ0v) is 14.8. The van der Waals surface area contributed by atoms with Crippen LogP contribution in [0.25, 0.3) is 6.08 Å². The van der Waals surface area contributed by atoms with Crippen LogP contribution >= 0.6 is 0 Å². The number of phenols is 1. The van der Waals surface area contributed by atoms with Gasteiger partial charge in [-0.1, -0.05) is 48.6 Å². The van der Waals surface area contributed by atoms with E-state index in [2.05, 4.69) is 46.2 Å². The molecule has 1 aliphatic rings. The van der Waals surface area contributed by atoms with Crippen LogP contribution in [-0.4, -0.2) is 54.7 Å². The summed E-state index contributed by atoms with van der Waals surface area (Å²) < 4.78 is 5.10. The molecule has 0 radical (unpaired) electrons. The Labute approximate surface area is 150 Å². The molecule has 1 saturated heterocycles. The third kappa shape index (κ3) is 5.08. The van der Waals surface area contributed by atoms with Gasteiger partial charge in [0.2, 0.25) is 0 Å². The van der Waals surface area contributed by atoms with Crippen molar-refractivity contribution in [2.75, 3.05) is 39.8 Å². The van der Waals surface area contributed by atoms with Gasteiger partial charge in [0.15, 0.2) is 11.5 Å². The summed E-state index contributed by atoms with van der Waals surface area (Å²) in [7, 11) is 1.57. The number of phenolic OH excluding ortho intramolecular Hbond substituents is 1. The van der Waals surface area contributed by atoms with Crippen molar-refractivity contribution in [3.8, 4) is 11.5 Å². The first-order valence-electron chi connectivity index (χ1n) is 8.77. The van der Waals surface area contributed by atoms with Gasteiger partial charge in [0, 0.05) is 39.3 Å². The Balaban J connectivity index is 1.44. The molecule has 0 aliphatic carbocycles. The van der Waals surface area contributed by atoms with Gasteiger partial charge in [-0.25, -0.2) is 0 Å². The van der Waals surface area contributed by atoms with E-state index in [1.165, 1.54) is 5.56 Å². The molecule has 1 aliphatic heterocycles. The monoisotopic (exact) mass is 338 g/mol. The average Bonchev–Trinajstić information content (AvgIpc) is 2.64. The number of ether oxygens (including phenoxy) is 1. The van der Waals surface area contributed by atoms with E-state index in [-0.39, 0.29) is 5.75 Å². The number of aromatic hydroxyl groups is 1. The van der Waals surface area contributed by atoms with Gasteiger partial charge in [0.25, 0.3) is 0 Å². The Morgan fingerprint density at radius 1 is 1.00 bits per heavy atom. The number of hydrogen-bond acceptors (Lipinski definition) is 4. The number of hydrogen-bond donors (Lipinski definition) is 1. The predicted octanol–water partition coefficient (Wildman–Crippen LogP) is 3.23. The first-order valence-corrected chi connectivity index (χ1v) is 8.77. The second-order valence-corrected chi connectivity index (χ2v) is 6.40. The molecule has 132 valence electrons. The highest BCUT2D eigenvalue weighted by Gasteiger charge is 2.16. The molecule has 0 atom stereocenters. The lowest BCUT2D eigenvalue weighted by Gasteiger charge is -2.34. The minimum Gasteiger partial charge on any atom is -0.504 e. The Bertz CT molecular complexity index is 692. The predicted molar refractivity (Wildman–Crippen MR) is 102 cm³/mol. The Morgan fingerprint density at radius 2 is 1.72 bits per heavy atom. The standard InChI is InChI=1S/C21H26N2O2/c1-25-21-10-9-19(16-20(21)24)17-23-14-12-22(13-15-23)11-5-8-18-6-3-2-4-7-18/h2-10,16,24H,11-15,17H2,1H3/b8-5+. The summed E-state index contributed by atoms with van der Waals surface area (Å²) in [5.41, 5.74) is 2.37. The van der Waals surface area contributed by atoms with Crippen LogP contribution in [0.2, 0.25) is 0 Å². The van der Waals surface area contributed by atoms with Crippen molar-refractivity contribution in [2.24, 2.45) is 0 Å². The third-order valence-electron chi connectivity index (χ3n) is 4.59. The maximum Gasteiger partial charge on any atom is 0.160 e. The van der Waals surface area contributed by atoms with Crippen LogP contribution in [0, 0.1) is 0 Å². The van der Waals surface area contributed by atoms with E-state index in [1.807, 2.05) is 18.2 Å². The normalized spacial score (nSPS) is 16.4. The van der Waals surface area contributed by atoms with Crippen LogP contribution in [0.1, 0.15) is 11.1 Å². The molecule has 4 heteroatoms. The summed E-state index contributed by atoms with van der Waals surface area (Å²) in [6.45, 7) is 6.10. The largest absolute Gasteiger partial charge is 0.504 e. The first kappa shape index (κ1) is 17.5. The molecular weight excluding hydrogens is 312 g/mol. The summed E-state index contributed by atoms with van der Waals surface area (Å²) in [5.74, 6) is 0.739. The van der Waals surface area contributed by atoms with Crippen LogP contribution in [0.15, 0.2) is 54.6 Å². The molecule has 0 saturated carbocycles. The molecule has 3 rings (SSSR count). The average molecular weight is 338 g/mol. The molecule has 0 amide bonds. The van der Waals surface area contributed by atoms with Crippen LogP contribution in [0.3, 0.4) is 0 Å². The van der Waals surface area contributed by atoms with Gasteiger partial charge in [-0.05, 0) is 23.3 Å². The van der Waals surface area contributed by atoms with Gasteiger partial charge in [0.1, 0.15) is 0 Å². The summed E-state index contributed by atoms with van der Waals surface area (Å²) in [5, 5.41) is 9.89. The van der Waals surface area contributed by atoms with Crippen molar-refractivity contribution >= 4 is 6.08 Å². The van der Waals surface area contributed by atoms with E-state index in [9.17, 15) is 5.11 Å². The van der Waals surface area contributed by atoms with Crippen molar-refractivity contribution in [1.82, 2.24) is 9.80 Å². The molecule has 1 fully saturated rings. The molecule has 0 spiro atoms. The molecule has 0 unspecified atom stereocenters. The fourth-order valence-corrected chi connectivity index (χ4v) is 3.12. The lowest BCUT2D eigenvalue weighted by atomic mass is 10.1. The van der Waals surface area contributed by atoms with Gasteiger partial charge in [-0.3, -0.25) is 9.80 Å². The summed E-state index contributed by atoms with van der Waals surface area (Å²) in [4.78, 5) is 4.90. The lowest BCUT2D eigenvalue weighted by Crippen LogP contribution is -2.45. The summed E-state index contributed by atoms with van der Waals surface area (Å²) in [6.07, 6.45) is 4.43. The van der Waals surface area contributed by atoms with Crippen molar-refractivity contribution in [1.29, 1.82) is 0 Å². The number of rotatable bonds is 6. The smallest absolute Gasteiger partial charge is 0.160 e. The minimum atomic E-state index is 0.213. The molecule has 1 N–H and O–H groups in total. The number of benzene rings is 2. The van der Waals surface area contributed by atoms with Crippen molar-refractivity contribution < 1.29 is 9.84 Å². The van der Waals surface area contributed by atoms with E-state index in [4.69, 9.17) is 4.74 Å². The molecule has 0 aromatic heterocycles. The fraction of sp³-hybridized carbons (Fsp3) is 0.333. The Hall–Kier alpha value is -2.30. The molecule has 1 heterocycles. The molecule has 2 aromatic rings. The lowest BCUT2D eigenvalue weighted by molar-refractivity contribution is 0.137. The highest BCUT2D eigenvalue weighted by molar-refractivity contribution is 5.48. The molecular formula is C21H26N2O2. The maximum absolute atomic E-state index is 9.89. The SMILES string of the molecule is COc1ccc(CN2CCN(C/C=C/c3ccccc3)CC2)cc1O. The van der Waals surface area contributed by atoms with Crippen LogP contribution in [0.4, 0.5) is 0 Å². The first-order chi connectivity index (χ1) is 12.2. The highest BCUT2D eigenvalue weighted by Crippen LogP contribution is 2.26. The number of methoxy groups -OCH3 is 1. The zero-order valence-electron chi connectivity index (χ0n) is 14.8. The van der Waals surface area contributed by atoms with Crippen LogP contribution in [-0.2, 0) is 6.54 Å². The third-order valence-corrected chi connectivity index (χ3v) is 4.59. The van der Waals surface area contributed by atoms with Crippen molar-refractivity contribution in [3.05, 3.63) is 65.7 Å². The van der Waals surface area contributed by atoms with Crippen molar-refractivity contribution in [3.63, 3.8) is 0 Å². The van der Waals surface area contributed by atoms with E-state index < -0.39 is 0 Å². The van der Waals surface area contributed by atoms with Crippen LogP contribution in [0.5, 0.6) is 11.5 Å².